The minimum atomic E-state index is -0.406. The second-order valence-corrected chi connectivity index (χ2v) is 7.36. The quantitative estimate of drug-likeness (QED) is 0.419. The van der Waals surface area contributed by atoms with Crippen LogP contribution in [0.4, 0.5) is 0 Å². The molecule has 0 aliphatic heterocycles. The molecule has 3 aromatic rings. The zero-order valence-electron chi connectivity index (χ0n) is 17.4. The maximum absolute atomic E-state index is 12.7. The molecule has 1 heterocycles. The summed E-state index contributed by atoms with van der Waals surface area (Å²) in [4.78, 5) is 25.0. The molecule has 0 saturated heterocycles. The Morgan fingerprint density at radius 3 is 2.55 bits per heavy atom. The number of carbonyl (C=O) groups is 2. The Balaban J connectivity index is 1.66. The summed E-state index contributed by atoms with van der Waals surface area (Å²) in [5.74, 6) is -0.600. The number of nitrogens with zero attached hydrogens (tertiary/aromatic N) is 1. The number of fused-ring (bicyclic) bond motifs is 1. The second kappa shape index (κ2) is 9.05. The van der Waals surface area contributed by atoms with Gasteiger partial charge in [0, 0.05) is 24.1 Å². The van der Waals surface area contributed by atoms with Crippen molar-refractivity contribution in [3.63, 3.8) is 0 Å². The third-order valence-corrected chi connectivity index (χ3v) is 5.21. The van der Waals surface area contributed by atoms with Crippen LogP contribution in [0.25, 0.3) is 10.8 Å². The van der Waals surface area contributed by atoms with E-state index in [9.17, 15) is 9.59 Å². The lowest BCUT2D eigenvalue weighted by Gasteiger charge is -2.17. The third-order valence-electron chi connectivity index (χ3n) is 5.21. The summed E-state index contributed by atoms with van der Waals surface area (Å²) in [6, 6.07) is 15.7. The molecule has 5 nitrogen and oxygen atoms in total. The molecule has 0 saturated carbocycles. The van der Waals surface area contributed by atoms with Crippen LogP contribution >= 0.6 is 0 Å². The zero-order chi connectivity index (χ0) is 21.0. The van der Waals surface area contributed by atoms with Gasteiger partial charge < -0.3 is 14.0 Å². The number of esters is 1. The highest BCUT2D eigenvalue weighted by molar-refractivity contribution is 5.99. The summed E-state index contributed by atoms with van der Waals surface area (Å²) in [7, 11) is 1.66. The number of ether oxygens (including phenoxy) is 2. The predicted molar refractivity (Wildman–Crippen MR) is 113 cm³/mol. The van der Waals surface area contributed by atoms with E-state index in [1.165, 1.54) is 0 Å². The Hall–Kier alpha value is -2.92. The van der Waals surface area contributed by atoms with Crippen molar-refractivity contribution in [1.82, 2.24) is 4.57 Å². The topological polar surface area (TPSA) is 57.5 Å². The lowest BCUT2D eigenvalue weighted by Crippen LogP contribution is -2.17. The van der Waals surface area contributed by atoms with Crippen LogP contribution in [0.15, 0.2) is 48.5 Å². The summed E-state index contributed by atoms with van der Waals surface area (Å²) < 4.78 is 12.6. The summed E-state index contributed by atoms with van der Waals surface area (Å²) in [6.45, 7) is 6.21. The average molecular weight is 393 g/mol. The molecule has 0 amide bonds. The Labute approximate surface area is 171 Å². The number of ketones is 1. The number of aryl methyl sites for hydroxylation is 1. The number of aromatic nitrogens is 1. The number of hydrogen-bond acceptors (Lipinski definition) is 4. The van der Waals surface area contributed by atoms with E-state index in [1.807, 2.05) is 69.3 Å². The first-order valence-electron chi connectivity index (χ1n) is 9.75. The van der Waals surface area contributed by atoms with Gasteiger partial charge in [0.15, 0.2) is 6.61 Å². The van der Waals surface area contributed by atoms with E-state index >= 15 is 0 Å². The van der Waals surface area contributed by atoms with Crippen LogP contribution in [0.5, 0.6) is 0 Å². The first-order valence-corrected chi connectivity index (χ1v) is 9.75. The Morgan fingerprint density at radius 1 is 1.07 bits per heavy atom. The van der Waals surface area contributed by atoms with Crippen LogP contribution in [-0.2, 0) is 20.7 Å². The highest BCUT2D eigenvalue weighted by atomic mass is 16.5. The van der Waals surface area contributed by atoms with Crippen molar-refractivity contribution in [2.24, 2.45) is 0 Å². The highest BCUT2D eigenvalue weighted by Crippen LogP contribution is 2.22. The van der Waals surface area contributed by atoms with Crippen LogP contribution in [0.3, 0.4) is 0 Å². The molecular formula is C24H27NO4. The molecule has 0 aliphatic rings. The third kappa shape index (κ3) is 4.57. The maximum atomic E-state index is 12.7. The first kappa shape index (κ1) is 20.8. The summed E-state index contributed by atoms with van der Waals surface area (Å²) in [5, 5.41) is 2.10. The molecule has 2 aromatic carbocycles. The van der Waals surface area contributed by atoms with Gasteiger partial charge in [-0.15, -0.1) is 0 Å². The van der Waals surface area contributed by atoms with E-state index in [1.54, 1.807) is 7.11 Å². The van der Waals surface area contributed by atoms with E-state index < -0.39 is 5.97 Å². The van der Waals surface area contributed by atoms with Crippen LogP contribution < -0.4 is 0 Å². The molecule has 0 unspecified atom stereocenters. The SMILES string of the molecule is COC[C@@H](C)n1c(C)cc(C(=O)COC(=O)Cc2cccc3ccccc23)c1C. The molecule has 0 fully saturated rings. The van der Waals surface area contributed by atoms with Gasteiger partial charge in [-0.25, -0.2) is 0 Å². The van der Waals surface area contributed by atoms with Crippen LogP contribution in [0.2, 0.25) is 0 Å². The number of benzene rings is 2. The lowest BCUT2D eigenvalue weighted by molar-refractivity contribution is -0.141. The van der Waals surface area contributed by atoms with Crippen molar-refractivity contribution in [3.8, 4) is 0 Å². The van der Waals surface area contributed by atoms with Crippen LogP contribution in [-0.4, -0.2) is 36.6 Å². The minimum Gasteiger partial charge on any atom is -0.457 e. The molecule has 152 valence electrons. The molecule has 29 heavy (non-hydrogen) atoms. The highest BCUT2D eigenvalue weighted by Gasteiger charge is 2.20. The van der Waals surface area contributed by atoms with Gasteiger partial charge in [0.1, 0.15) is 0 Å². The Morgan fingerprint density at radius 2 is 1.79 bits per heavy atom. The lowest BCUT2D eigenvalue weighted by atomic mass is 10.0. The fourth-order valence-electron chi connectivity index (χ4n) is 3.93. The van der Waals surface area contributed by atoms with E-state index in [0.717, 1.165) is 27.7 Å². The van der Waals surface area contributed by atoms with Crippen LogP contribution in [0.1, 0.15) is 40.3 Å². The Kier molecular flexibility index (Phi) is 6.49. The van der Waals surface area contributed by atoms with Gasteiger partial charge in [-0.1, -0.05) is 42.5 Å². The summed E-state index contributed by atoms with van der Waals surface area (Å²) in [5.41, 5.74) is 3.33. The van der Waals surface area contributed by atoms with Crippen molar-refractivity contribution in [2.75, 3.05) is 20.3 Å². The predicted octanol–water partition coefficient (Wildman–Crippen LogP) is 4.43. The molecule has 3 rings (SSSR count). The molecule has 5 heteroatoms. The number of rotatable bonds is 8. The number of carbonyl (C=O) groups excluding carboxylic acids is 2. The van der Waals surface area contributed by atoms with Crippen LogP contribution in [0, 0.1) is 13.8 Å². The summed E-state index contributed by atoms with van der Waals surface area (Å²) >= 11 is 0. The minimum absolute atomic E-state index is 0.121. The maximum Gasteiger partial charge on any atom is 0.310 e. The summed E-state index contributed by atoms with van der Waals surface area (Å²) in [6.07, 6.45) is 0.137. The molecule has 0 N–H and O–H groups in total. The van der Waals surface area contributed by atoms with Crippen molar-refractivity contribution in [1.29, 1.82) is 0 Å². The zero-order valence-corrected chi connectivity index (χ0v) is 17.4. The normalized spacial score (nSPS) is 12.1. The van der Waals surface area contributed by atoms with E-state index in [4.69, 9.17) is 9.47 Å². The smallest absolute Gasteiger partial charge is 0.310 e. The van der Waals surface area contributed by atoms with E-state index in [0.29, 0.717) is 12.2 Å². The van der Waals surface area contributed by atoms with Gasteiger partial charge in [0.2, 0.25) is 5.78 Å². The second-order valence-electron chi connectivity index (χ2n) is 7.36. The Bertz CT molecular complexity index is 1030. The molecule has 0 spiro atoms. The molecule has 0 bridgehead atoms. The van der Waals surface area contributed by atoms with Crippen molar-refractivity contribution >= 4 is 22.5 Å². The number of hydrogen-bond donors (Lipinski definition) is 0. The van der Waals surface area contributed by atoms with E-state index in [-0.39, 0.29) is 24.9 Å². The van der Waals surface area contributed by atoms with Gasteiger partial charge >= 0.3 is 5.97 Å². The van der Waals surface area contributed by atoms with Crippen molar-refractivity contribution in [2.45, 2.75) is 33.2 Å². The fraction of sp³-hybridized carbons (Fsp3) is 0.333. The molecule has 0 aliphatic carbocycles. The molecule has 1 atom stereocenters. The standard InChI is InChI=1S/C24H27NO4/c1-16-12-22(18(3)25(16)17(2)14-28-4)23(26)15-29-24(27)13-20-10-7-9-19-8-5-6-11-21(19)20/h5-12,17H,13-15H2,1-4H3/t17-/m1/s1. The molecular weight excluding hydrogens is 366 g/mol. The largest absolute Gasteiger partial charge is 0.457 e. The van der Waals surface area contributed by atoms with Gasteiger partial charge in [-0.3, -0.25) is 9.59 Å². The molecule has 1 aromatic heterocycles. The van der Waals surface area contributed by atoms with E-state index in [2.05, 4.69) is 4.57 Å². The first-order chi connectivity index (χ1) is 13.9. The molecule has 0 radical (unpaired) electrons. The van der Waals surface area contributed by atoms with Gasteiger partial charge in [0.25, 0.3) is 0 Å². The van der Waals surface area contributed by atoms with Gasteiger partial charge in [0.05, 0.1) is 19.1 Å². The average Bonchev–Trinajstić information content (AvgIpc) is 3.01. The number of Topliss-reactive ketones (excluding diaryl/α,β-unsaturated/α-hetero) is 1. The van der Waals surface area contributed by atoms with Gasteiger partial charge in [-0.2, -0.15) is 0 Å². The van der Waals surface area contributed by atoms with Crippen molar-refractivity contribution in [3.05, 3.63) is 71.0 Å². The van der Waals surface area contributed by atoms with Crippen molar-refractivity contribution < 1.29 is 19.1 Å². The number of methoxy groups -OCH3 is 1. The fourth-order valence-corrected chi connectivity index (χ4v) is 3.93. The van der Waals surface area contributed by atoms with Gasteiger partial charge in [-0.05, 0) is 43.2 Å². The monoisotopic (exact) mass is 393 g/mol.